The van der Waals surface area contributed by atoms with E-state index in [2.05, 4.69) is 15.0 Å². The van der Waals surface area contributed by atoms with Gasteiger partial charge in [-0.2, -0.15) is 0 Å². The van der Waals surface area contributed by atoms with E-state index in [-0.39, 0.29) is 16.4 Å². The highest BCUT2D eigenvalue weighted by atomic mass is 35.5. The predicted molar refractivity (Wildman–Crippen MR) is 55.9 cm³/mol. The van der Waals surface area contributed by atoms with Crippen molar-refractivity contribution >= 4 is 23.3 Å². The molecule has 0 radical (unpaired) electrons. The number of carbonyl (C=O) groups is 1. The molecule has 1 N–H and O–H groups in total. The Morgan fingerprint density at radius 2 is 2.25 bits per heavy atom. The Morgan fingerprint density at radius 1 is 1.44 bits per heavy atom. The van der Waals surface area contributed by atoms with Gasteiger partial charge in [0.25, 0.3) is 5.91 Å². The van der Waals surface area contributed by atoms with Crippen LogP contribution in [0.2, 0.25) is 5.02 Å². The summed E-state index contributed by atoms with van der Waals surface area (Å²) in [5, 5.41) is 6.00. The van der Waals surface area contributed by atoms with E-state index in [4.69, 9.17) is 11.6 Å². The van der Waals surface area contributed by atoms with E-state index in [0.717, 1.165) is 12.1 Å². The first kappa shape index (κ1) is 10.6. The van der Waals surface area contributed by atoms with Gasteiger partial charge in [0.15, 0.2) is 5.82 Å². The van der Waals surface area contributed by atoms with Gasteiger partial charge in [0, 0.05) is 6.07 Å². The summed E-state index contributed by atoms with van der Waals surface area (Å²) < 4.78 is 17.3. The molecule has 4 nitrogen and oxygen atoms in total. The van der Waals surface area contributed by atoms with Crippen molar-refractivity contribution < 1.29 is 13.7 Å². The topological polar surface area (TPSA) is 55.1 Å². The fourth-order valence-electron chi connectivity index (χ4n) is 1.13. The van der Waals surface area contributed by atoms with E-state index in [1.54, 1.807) is 0 Å². The molecule has 1 aromatic heterocycles. The van der Waals surface area contributed by atoms with E-state index >= 15 is 0 Å². The van der Waals surface area contributed by atoms with Gasteiger partial charge in [0.1, 0.15) is 12.1 Å². The molecule has 0 bridgehead atoms. The minimum absolute atomic E-state index is 0.0426. The Labute approximate surface area is 95.0 Å². The quantitative estimate of drug-likeness (QED) is 0.878. The molecule has 1 amide bonds. The van der Waals surface area contributed by atoms with Crippen molar-refractivity contribution in [2.24, 2.45) is 0 Å². The normalized spacial score (nSPS) is 10.1. The van der Waals surface area contributed by atoms with Crippen molar-refractivity contribution in [3.63, 3.8) is 0 Å². The summed E-state index contributed by atoms with van der Waals surface area (Å²) in [6.45, 7) is 0. The number of aromatic nitrogens is 1. The molecule has 0 saturated heterocycles. The number of nitrogens with zero attached hydrogens (tertiary/aromatic N) is 1. The van der Waals surface area contributed by atoms with E-state index in [1.165, 1.54) is 18.4 Å². The van der Waals surface area contributed by atoms with E-state index in [9.17, 15) is 9.18 Å². The van der Waals surface area contributed by atoms with Crippen molar-refractivity contribution in [1.29, 1.82) is 0 Å². The van der Waals surface area contributed by atoms with Crippen molar-refractivity contribution in [1.82, 2.24) is 5.16 Å². The lowest BCUT2D eigenvalue weighted by molar-refractivity contribution is 0.102. The van der Waals surface area contributed by atoms with Gasteiger partial charge in [-0.25, -0.2) is 4.39 Å². The number of halogens is 2. The molecule has 0 unspecified atom stereocenters. The molecule has 0 aliphatic carbocycles. The van der Waals surface area contributed by atoms with Crippen LogP contribution in [0.3, 0.4) is 0 Å². The Kier molecular flexibility index (Phi) is 2.87. The third-order valence-electron chi connectivity index (χ3n) is 1.86. The van der Waals surface area contributed by atoms with Crippen LogP contribution in [0, 0.1) is 5.82 Å². The number of anilines is 1. The summed E-state index contributed by atoms with van der Waals surface area (Å²) in [6.07, 6.45) is 1.32. The Balaban J connectivity index is 2.21. The average molecular weight is 241 g/mol. The summed E-state index contributed by atoms with van der Waals surface area (Å²) in [6, 6.07) is 5.01. The van der Waals surface area contributed by atoms with Crippen LogP contribution in [0.4, 0.5) is 10.2 Å². The maximum Gasteiger partial charge on any atom is 0.258 e. The predicted octanol–water partition coefficient (Wildman–Crippen LogP) is 2.72. The van der Waals surface area contributed by atoms with Crippen LogP contribution in [-0.4, -0.2) is 11.1 Å². The molecule has 82 valence electrons. The lowest BCUT2D eigenvalue weighted by Crippen LogP contribution is -2.12. The fourth-order valence-corrected chi connectivity index (χ4v) is 1.39. The highest BCUT2D eigenvalue weighted by molar-refractivity contribution is 6.34. The van der Waals surface area contributed by atoms with Crippen LogP contribution in [-0.2, 0) is 0 Å². The van der Waals surface area contributed by atoms with E-state index in [0.29, 0.717) is 0 Å². The lowest BCUT2D eigenvalue weighted by atomic mass is 10.2. The van der Waals surface area contributed by atoms with Gasteiger partial charge in [0.05, 0.1) is 10.6 Å². The average Bonchev–Trinajstić information content (AvgIpc) is 2.70. The van der Waals surface area contributed by atoms with Gasteiger partial charge in [-0.1, -0.05) is 16.8 Å². The maximum atomic E-state index is 12.7. The first-order valence-corrected chi connectivity index (χ1v) is 4.71. The van der Waals surface area contributed by atoms with Crippen molar-refractivity contribution in [3.8, 4) is 0 Å². The summed E-state index contributed by atoms with van der Waals surface area (Å²) in [7, 11) is 0. The first-order chi connectivity index (χ1) is 7.66. The van der Waals surface area contributed by atoms with Gasteiger partial charge >= 0.3 is 0 Å². The smallest absolute Gasteiger partial charge is 0.258 e. The zero-order valence-corrected chi connectivity index (χ0v) is 8.66. The zero-order chi connectivity index (χ0) is 11.5. The Hall–Kier alpha value is -1.88. The Morgan fingerprint density at radius 3 is 2.88 bits per heavy atom. The standard InChI is InChI=1S/C10H6ClFN2O2/c11-8-5-6(12)1-2-7(8)10(15)13-9-3-4-16-14-9/h1-5H,(H,13,14,15). The number of benzene rings is 1. The molecule has 0 aliphatic heterocycles. The highest BCUT2D eigenvalue weighted by Crippen LogP contribution is 2.18. The molecule has 0 spiro atoms. The Bertz CT molecular complexity index is 514. The maximum absolute atomic E-state index is 12.7. The number of hydrogen-bond donors (Lipinski definition) is 1. The molecule has 0 aliphatic rings. The third kappa shape index (κ3) is 2.20. The van der Waals surface area contributed by atoms with Crippen LogP contribution in [0.5, 0.6) is 0 Å². The van der Waals surface area contributed by atoms with Crippen LogP contribution >= 0.6 is 11.6 Å². The number of carbonyl (C=O) groups excluding carboxylic acids is 1. The van der Waals surface area contributed by atoms with Gasteiger partial charge in [0.2, 0.25) is 0 Å². The molecule has 16 heavy (non-hydrogen) atoms. The molecule has 1 heterocycles. The van der Waals surface area contributed by atoms with Gasteiger partial charge in [-0.15, -0.1) is 0 Å². The monoisotopic (exact) mass is 240 g/mol. The molecule has 0 atom stereocenters. The zero-order valence-electron chi connectivity index (χ0n) is 7.91. The summed E-state index contributed by atoms with van der Waals surface area (Å²) >= 11 is 5.72. The van der Waals surface area contributed by atoms with E-state index < -0.39 is 11.7 Å². The molecular weight excluding hydrogens is 235 g/mol. The molecule has 6 heteroatoms. The van der Waals surface area contributed by atoms with Crippen LogP contribution < -0.4 is 5.32 Å². The lowest BCUT2D eigenvalue weighted by Gasteiger charge is -2.03. The minimum Gasteiger partial charge on any atom is -0.363 e. The third-order valence-corrected chi connectivity index (χ3v) is 2.17. The second kappa shape index (κ2) is 4.32. The van der Waals surface area contributed by atoms with Crippen molar-refractivity contribution in [3.05, 3.63) is 46.9 Å². The number of nitrogens with one attached hydrogen (secondary N) is 1. The fraction of sp³-hybridized carbons (Fsp3) is 0. The van der Waals surface area contributed by atoms with Gasteiger partial charge in [-0.3, -0.25) is 4.79 Å². The van der Waals surface area contributed by atoms with Crippen LogP contribution in [0.1, 0.15) is 10.4 Å². The molecule has 1 aromatic carbocycles. The largest absolute Gasteiger partial charge is 0.363 e. The molecular formula is C10H6ClFN2O2. The first-order valence-electron chi connectivity index (χ1n) is 4.33. The second-order valence-electron chi connectivity index (χ2n) is 2.96. The highest BCUT2D eigenvalue weighted by Gasteiger charge is 2.12. The van der Waals surface area contributed by atoms with Crippen LogP contribution in [0.25, 0.3) is 0 Å². The van der Waals surface area contributed by atoms with Crippen molar-refractivity contribution in [2.45, 2.75) is 0 Å². The SMILES string of the molecule is O=C(Nc1ccon1)c1ccc(F)cc1Cl. The summed E-state index contributed by atoms with van der Waals surface area (Å²) in [5.41, 5.74) is 0.172. The molecule has 2 rings (SSSR count). The van der Waals surface area contributed by atoms with Crippen LogP contribution in [0.15, 0.2) is 35.1 Å². The summed E-state index contributed by atoms with van der Waals surface area (Å²) in [5.74, 6) is -0.702. The van der Waals surface area contributed by atoms with E-state index in [1.807, 2.05) is 0 Å². The second-order valence-corrected chi connectivity index (χ2v) is 3.37. The van der Waals surface area contributed by atoms with Gasteiger partial charge in [-0.05, 0) is 18.2 Å². The number of hydrogen-bond acceptors (Lipinski definition) is 3. The number of amides is 1. The minimum atomic E-state index is -0.497. The summed E-state index contributed by atoms with van der Waals surface area (Å²) in [4.78, 5) is 11.6. The number of rotatable bonds is 2. The molecule has 0 saturated carbocycles. The van der Waals surface area contributed by atoms with Gasteiger partial charge < -0.3 is 9.84 Å². The molecule has 0 fully saturated rings. The van der Waals surface area contributed by atoms with Crippen molar-refractivity contribution in [2.75, 3.05) is 5.32 Å². The molecule has 2 aromatic rings.